The number of hydrogen-bond donors (Lipinski definition) is 0. The van der Waals surface area contributed by atoms with Crippen LogP contribution in [0.5, 0.6) is 5.75 Å². The molecule has 0 radical (unpaired) electrons. The van der Waals surface area contributed by atoms with E-state index in [9.17, 15) is 0 Å². The minimum Gasteiger partial charge on any atom is -0.493 e. The van der Waals surface area contributed by atoms with Gasteiger partial charge in [-0.05, 0) is 18.9 Å². The minimum atomic E-state index is 0.521. The molecule has 0 aliphatic heterocycles. The van der Waals surface area contributed by atoms with Gasteiger partial charge in [0.1, 0.15) is 5.75 Å². The van der Waals surface area contributed by atoms with Gasteiger partial charge in [-0.15, -0.1) is 11.6 Å². The van der Waals surface area contributed by atoms with Crippen molar-refractivity contribution in [2.75, 3.05) is 6.61 Å². The van der Waals surface area contributed by atoms with Crippen LogP contribution in [0.2, 0.25) is 0 Å². The molecule has 0 aliphatic carbocycles. The Morgan fingerprint density at radius 2 is 1.78 bits per heavy atom. The number of unbranched alkanes of at least 4 members (excludes halogenated alkanes) is 5. The molecule has 1 aromatic carbocycles. The van der Waals surface area contributed by atoms with Crippen LogP contribution in [0.4, 0.5) is 0 Å². The molecule has 0 heterocycles. The predicted octanol–water partition coefficient (Wildman–Crippen LogP) is 5.47. The molecule has 0 aliphatic rings. The molecule has 1 aromatic rings. The van der Waals surface area contributed by atoms with Crippen molar-refractivity contribution in [1.29, 1.82) is 0 Å². The SMILES string of the molecule is CCCCCCCCOc1c(C)cccc1CCl. The van der Waals surface area contributed by atoms with Crippen LogP contribution >= 0.6 is 11.6 Å². The molecular formula is C16H25ClO. The first-order valence-electron chi connectivity index (χ1n) is 7.06. The molecule has 0 unspecified atom stereocenters. The lowest BCUT2D eigenvalue weighted by atomic mass is 10.1. The molecule has 0 bridgehead atoms. The highest BCUT2D eigenvalue weighted by molar-refractivity contribution is 6.17. The summed E-state index contributed by atoms with van der Waals surface area (Å²) in [7, 11) is 0. The Labute approximate surface area is 116 Å². The first kappa shape index (κ1) is 15.4. The summed E-state index contributed by atoms with van der Waals surface area (Å²) in [6.07, 6.45) is 7.75. The zero-order valence-corrected chi connectivity index (χ0v) is 12.4. The van der Waals surface area contributed by atoms with Crippen molar-refractivity contribution >= 4 is 11.6 Å². The van der Waals surface area contributed by atoms with Gasteiger partial charge in [0.05, 0.1) is 12.5 Å². The van der Waals surface area contributed by atoms with Crippen LogP contribution in [0.3, 0.4) is 0 Å². The molecule has 18 heavy (non-hydrogen) atoms. The fraction of sp³-hybridized carbons (Fsp3) is 0.625. The van der Waals surface area contributed by atoms with Crippen LogP contribution in [0.15, 0.2) is 18.2 Å². The number of alkyl halides is 1. The Morgan fingerprint density at radius 3 is 2.50 bits per heavy atom. The summed E-state index contributed by atoms with van der Waals surface area (Å²) in [6, 6.07) is 6.15. The summed E-state index contributed by atoms with van der Waals surface area (Å²) in [5.74, 6) is 1.51. The second-order valence-corrected chi connectivity index (χ2v) is 5.08. The standard InChI is InChI=1S/C16H25ClO/c1-3-4-5-6-7-8-12-18-16-14(2)10-9-11-15(16)13-17/h9-11H,3-8,12-13H2,1-2H3. The Hall–Kier alpha value is -0.690. The highest BCUT2D eigenvalue weighted by atomic mass is 35.5. The van der Waals surface area contributed by atoms with E-state index in [-0.39, 0.29) is 0 Å². The fourth-order valence-corrected chi connectivity index (χ4v) is 2.29. The molecule has 102 valence electrons. The van der Waals surface area contributed by atoms with E-state index in [4.69, 9.17) is 16.3 Å². The Balaban J connectivity index is 2.26. The van der Waals surface area contributed by atoms with E-state index < -0.39 is 0 Å². The lowest BCUT2D eigenvalue weighted by molar-refractivity contribution is 0.300. The van der Waals surface area contributed by atoms with Gasteiger partial charge < -0.3 is 4.74 Å². The molecule has 1 nitrogen and oxygen atoms in total. The summed E-state index contributed by atoms with van der Waals surface area (Å²) >= 11 is 5.92. The fourth-order valence-electron chi connectivity index (χ4n) is 2.08. The van der Waals surface area contributed by atoms with Crippen molar-refractivity contribution in [1.82, 2.24) is 0 Å². The number of ether oxygens (including phenoxy) is 1. The second kappa shape index (κ2) is 9.27. The maximum Gasteiger partial charge on any atom is 0.126 e. The third-order valence-corrected chi connectivity index (χ3v) is 3.47. The van der Waals surface area contributed by atoms with Gasteiger partial charge in [-0.2, -0.15) is 0 Å². The molecule has 0 atom stereocenters. The topological polar surface area (TPSA) is 9.23 Å². The third kappa shape index (κ3) is 5.30. The van der Waals surface area contributed by atoms with Gasteiger partial charge >= 0.3 is 0 Å². The molecule has 0 saturated heterocycles. The monoisotopic (exact) mass is 268 g/mol. The quantitative estimate of drug-likeness (QED) is 0.426. The Morgan fingerprint density at radius 1 is 1.06 bits per heavy atom. The Kier molecular flexibility index (Phi) is 7.91. The molecule has 0 N–H and O–H groups in total. The van der Waals surface area contributed by atoms with Crippen LogP contribution in [-0.4, -0.2) is 6.61 Å². The number of benzene rings is 1. The zero-order chi connectivity index (χ0) is 13.2. The van der Waals surface area contributed by atoms with Crippen LogP contribution < -0.4 is 4.74 Å². The molecule has 0 amide bonds. The first-order valence-corrected chi connectivity index (χ1v) is 7.60. The number of hydrogen-bond acceptors (Lipinski definition) is 1. The normalized spacial score (nSPS) is 10.6. The van der Waals surface area contributed by atoms with Crippen molar-refractivity contribution in [3.63, 3.8) is 0 Å². The van der Waals surface area contributed by atoms with Gasteiger partial charge in [-0.3, -0.25) is 0 Å². The van der Waals surface area contributed by atoms with Gasteiger partial charge in [-0.25, -0.2) is 0 Å². The van der Waals surface area contributed by atoms with E-state index in [1.165, 1.54) is 37.7 Å². The maximum absolute atomic E-state index is 5.92. The molecular weight excluding hydrogens is 244 g/mol. The van der Waals surface area contributed by atoms with E-state index in [2.05, 4.69) is 19.9 Å². The summed E-state index contributed by atoms with van der Waals surface area (Å²) < 4.78 is 5.88. The highest BCUT2D eigenvalue weighted by Gasteiger charge is 2.05. The number of halogens is 1. The third-order valence-electron chi connectivity index (χ3n) is 3.18. The van der Waals surface area contributed by atoms with E-state index >= 15 is 0 Å². The van der Waals surface area contributed by atoms with Gasteiger partial charge in [0.2, 0.25) is 0 Å². The predicted molar refractivity (Wildman–Crippen MR) is 79.6 cm³/mol. The van der Waals surface area contributed by atoms with Crippen LogP contribution in [0.1, 0.15) is 56.6 Å². The van der Waals surface area contributed by atoms with Gasteiger partial charge in [-0.1, -0.05) is 57.2 Å². The van der Waals surface area contributed by atoms with Crippen molar-refractivity contribution in [3.8, 4) is 5.75 Å². The van der Waals surface area contributed by atoms with Crippen molar-refractivity contribution in [2.45, 2.75) is 58.3 Å². The number of rotatable bonds is 9. The summed E-state index contributed by atoms with van der Waals surface area (Å²) in [4.78, 5) is 0. The minimum absolute atomic E-state index is 0.521. The highest BCUT2D eigenvalue weighted by Crippen LogP contribution is 2.25. The number of aryl methyl sites for hydroxylation is 1. The van der Waals surface area contributed by atoms with E-state index in [0.29, 0.717) is 5.88 Å². The largest absolute Gasteiger partial charge is 0.493 e. The van der Waals surface area contributed by atoms with Crippen LogP contribution in [0, 0.1) is 6.92 Å². The molecule has 0 aromatic heterocycles. The smallest absolute Gasteiger partial charge is 0.126 e. The zero-order valence-electron chi connectivity index (χ0n) is 11.7. The lowest BCUT2D eigenvalue weighted by Gasteiger charge is -2.12. The molecule has 2 heteroatoms. The molecule has 0 fully saturated rings. The molecule has 0 spiro atoms. The summed E-state index contributed by atoms with van der Waals surface area (Å²) in [5.41, 5.74) is 2.28. The average molecular weight is 269 g/mol. The van der Waals surface area contributed by atoms with Crippen molar-refractivity contribution in [2.24, 2.45) is 0 Å². The van der Waals surface area contributed by atoms with Crippen LogP contribution in [-0.2, 0) is 5.88 Å². The molecule has 0 saturated carbocycles. The second-order valence-electron chi connectivity index (χ2n) is 4.81. The lowest BCUT2D eigenvalue weighted by Crippen LogP contribution is -2.01. The maximum atomic E-state index is 5.92. The van der Waals surface area contributed by atoms with E-state index in [0.717, 1.165) is 24.3 Å². The van der Waals surface area contributed by atoms with Crippen molar-refractivity contribution < 1.29 is 4.74 Å². The summed E-state index contributed by atoms with van der Waals surface area (Å²) in [6.45, 7) is 5.13. The van der Waals surface area contributed by atoms with E-state index in [1.807, 2.05) is 12.1 Å². The van der Waals surface area contributed by atoms with Gasteiger partial charge in [0.15, 0.2) is 0 Å². The van der Waals surface area contributed by atoms with Gasteiger partial charge in [0, 0.05) is 5.56 Å². The first-order chi connectivity index (χ1) is 8.79. The molecule has 1 rings (SSSR count). The van der Waals surface area contributed by atoms with Gasteiger partial charge in [0.25, 0.3) is 0 Å². The average Bonchev–Trinajstić information content (AvgIpc) is 2.39. The van der Waals surface area contributed by atoms with E-state index in [1.54, 1.807) is 0 Å². The number of para-hydroxylation sites is 1. The summed E-state index contributed by atoms with van der Waals surface area (Å²) in [5, 5.41) is 0. The Bertz CT molecular complexity index is 336. The van der Waals surface area contributed by atoms with Crippen LogP contribution in [0.25, 0.3) is 0 Å². The van der Waals surface area contributed by atoms with Crippen molar-refractivity contribution in [3.05, 3.63) is 29.3 Å².